The molecular weight excluding hydrogens is 166 g/mol. The topological polar surface area (TPSA) is 118 Å². The van der Waals surface area contributed by atoms with Gasteiger partial charge in [0.2, 0.25) is 5.91 Å². The number of primary amides is 1. The molecule has 0 atom stereocenters. The third-order valence-electron chi connectivity index (χ3n) is 0.585. The van der Waals surface area contributed by atoms with Gasteiger partial charge < -0.3 is 15.9 Å². The Kier molecular flexibility index (Phi) is 8.16. The Labute approximate surface area is 69.0 Å². The van der Waals surface area contributed by atoms with Crippen molar-refractivity contribution in [2.75, 3.05) is 0 Å². The fourth-order valence-electron chi connectivity index (χ4n) is 0.230. The maximum atomic E-state index is 9.86. The summed E-state index contributed by atoms with van der Waals surface area (Å²) in [6, 6.07) is 0. The molecule has 0 saturated carbocycles. The predicted molar refractivity (Wildman–Crippen MR) is 39.4 cm³/mol. The average molecular weight is 177 g/mol. The van der Waals surface area contributed by atoms with E-state index in [0.717, 1.165) is 6.92 Å². The highest BCUT2D eigenvalue weighted by atomic mass is 16.4. The van der Waals surface area contributed by atoms with Crippen molar-refractivity contribution in [3.8, 4) is 0 Å². The van der Waals surface area contributed by atoms with Gasteiger partial charge in [0.1, 0.15) is 0 Å². The molecule has 0 unspecified atom stereocenters. The lowest BCUT2D eigenvalue weighted by Gasteiger charge is -1.86. The van der Waals surface area contributed by atoms with E-state index in [2.05, 4.69) is 5.73 Å². The van der Waals surface area contributed by atoms with Crippen molar-refractivity contribution in [1.82, 2.24) is 0 Å². The van der Waals surface area contributed by atoms with Crippen LogP contribution in [0.5, 0.6) is 0 Å². The monoisotopic (exact) mass is 177 g/mol. The van der Waals surface area contributed by atoms with Crippen molar-refractivity contribution in [2.24, 2.45) is 5.73 Å². The normalized spacial score (nSPS) is 7.75. The van der Waals surface area contributed by atoms with Gasteiger partial charge in [-0.3, -0.25) is 14.4 Å². The number of amides is 1. The molecule has 0 fully saturated rings. The molecule has 12 heavy (non-hydrogen) atoms. The van der Waals surface area contributed by atoms with Gasteiger partial charge in [-0.15, -0.1) is 0 Å². The van der Waals surface area contributed by atoms with Crippen LogP contribution in [0.2, 0.25) is 0 Å². The van der Waals surface area contributed by atoms with Crippen LogP contribution in [0.4, 0.5) is 0 Å². The van der Waals surface area contributed by atoms with E-state index in [1.54, 1.807) is 0 Å². The predicted octanol–water partition coefficient (Wildman–Crippen LogP) is -0.573. The van der Waals surface area contributed by atoms with E-state index in [1.807, 2.05) is 0 Å². The molecule has 1 amide bonds. The highest BCUT2D eigenvalue weighted by molar-refractivity contribution is 5.79. The number of carboxylic acid groups (broad SMARTS) is 2. The summed E-state index contributed by atoms with van der Waals surface area (Å²) < 4.78 is 0. The summed E-state index contributed by atoms with van der Waals surface area (Å²) in [7, 11) is 0. The average Bonchev–Trinajstić information content (AvgIpc) is 1.82. The molecule has 6 nitrogen and oxygen atoms in total. The molecule has 0 aliphatic heterocycles. The maximum Gasteiger partial charge on any atom is 0.303 e. The number of carboxylic acids is 2. The van der Waals surface area contributed by atoms with E-state index in [9.17, 15) is 9.59 Å². The molecule has 0 spiro atoms. The van der Waals surface area contributed by atoms with E-state index >= 15 is 0 Å². The van der Waals surface area contributed by atoms with Crippen LogP contribution in [0.3, 0.4) is 0 Å². The summed E-state index contributed by atoms with van der Waals surface area (Å²) in [5.74, 6) is -2.41. The van der Waals surface area contributed by atoms with Crippen LogP contribution >= 0.6 is 0 Å². The van der Waals surface area contributed by atoms with E-state index in [-0.39, 0.29) is 12.8 Å². The summed E-state index contributed by atoms with van der Waals surface area (Å²) in [6.45, 7) is 1.08. The van der Waals surface area contributed by atoms with E-state index in [4.69, 9.17) is 15.0 Å². The molecule has 6 heteroatoms. The van der Waals surface area contributed by atoms with Crippen LogP contribution in [-0.2, 0) is 14.4 Å². The van der Waals surface area contributed by atoms with Crippen LogP contribution in [0.15, 0.2) is 0 Å². The molecule has 0 aromatic rings. The van der Waals surface area contributed by atoms with Crippen LogP contribution in [0.25, 0.3) is 0 Å². The number of nitrogens with two attached hydrogens (primary N) is 1. The van der Waals surface area contributed by atoms with Gasteiger partial charge in [0, 0.05) is 13.3 Å². The molecule has 4 N–H and O–H groups in total. The lowest BCUT2D eigenvalue weighted by molar-refractivity contribution is -0.138. The molecule has 0 bridgehead atoms. The number of hydrogen-bond acceptors (Lipinski definition) is 3. The Hall–Kier alpha value is -1.59. The molecule has 0 aliphatic carbocycles. The second-order valence-corrected chi connectivity index (χ2v) is 1.88. The zero-order chi connectivity index (χ0) is 10.1. The second-order valence-electron chi connectivity index (χ2n) is 1.88. The fourth-order valence-corrected chi connectivity index (χ4v) is 0.230. The SMILES string of the molecule is CC(=O)O.NC(=O)CCC(=O)O. The molecule has 0 heterocycles. The standard InChI is InChI=1S/C4H7NO3.C2H4O2/c5-3(6)1-2-4(7)8;1-2(3)4/h1-2H2,(H2,5,6)(H,7,8);1H3,(H,3,4). The van der Waals surface area contributed by atoms with Crippen LogP contribution < -0.4 is 5.73 Å². The van der Waals surface area contributed by atoms with Crippen molar-refractivity contribution >= 4 is 17.8 Å². The lowest BCUT2D eigenvalue weighted by Crippen LogP contribution is -2.12. The summed E-state index contributed by atoms with van der Waals surface area (Å²) in [6.07, 6.45) is -0.245. The lowest BCUT2D eigenvalue weighted by atomic mass is 10.3. The smallest absolute Gasteiger partial charge is 0.303 e. The van der Waals surface area contributed by atoms with Gasteiger partial charge in [0.25, 0.3) is 5.97 Å². The third-order valence-corrected chi connectivity index (χ3v) is 0.585. The molecule has 0 saturated heterocycles. The van der Waals surface area contributed by atoms with Crippen LogP contribution in [0.1, 0.15) is 19.8 Å². The fraction of sp³-hybridized carbons (Fsp3) is 0.500. The molecule has 0 rings (SSSR count). The molecule has 0 aromatic carbocycles. The number of aliphatic carboxylic acids is 2. The summed E-state index contributed by atoms with van der Waals surface area (Å²) >= 11 is 0. The first-order valence-electron chi connectivity index (χ1n) is 3.06. The number of carbonyl (C=O) groups is 3. The Bertz CT molecular complexity index is 159. The van der Waals surface area contributed by atoms with Gasteiger partial charge >= 0.3 is 5.97 Å². The van der Waals surface area contributed by atoms with E-state index in [0.29, 0.717) is 0 Å². The minimum absolute atomic E-state index is 0.0741. The van der Waals surface area contributed by atoms with Gasteiger partial charge in [-0.05, 0) is 0 Å². The first kappa shape index (κ1) is 13.0. The van der Waals surface area contributed by atoms with Gasteiger partial charge in [-0.2, -0.15) is 0 Å². The third kappa shape index (κ3) is 39.7. The highest BCUT2D eigenvalue weighted by Gasteiger charge is 1.98. The van der Waals surface area contributed by atoms with Gasteiger partial charge in [-0.1, -0.05) is 0 Å². The first-order chi connectivity index (χ1) is 5.36. The quantitative estimate of drug-likeness (QED) is 0.533. The van der Waals surface area contributed by atoms with Crippen LogP contribution in [-0.4, -0.2) is 28.1 Å². The summed E-state index contributed by atoms with van der Waals surface area (Å²) in [4.78, 5) is 28.6. The zero-order valence-corrected chi connectivity index (χ0v) is 6.61. The molecule has 70 valence electrons. The van der Waals surface area contributed by atoms with Gasteiger partial charge in [-0.25, -0.2) is 0 Å². The second kappa shape index (κ2) is 7.52. The van der Waals surface area contributed by atoms with E-state index in [1.165, 1.54) is 0 Å². The summed E-state index contributed by atoms with van der Waals surface area (Å²) in [5.41, 5.74) is 4.64. The first-order valence-corrected chi connectivity index (χ1v) is 3.06. The minimum Gasteiger partial charge on any atom is -0.481 e. The maximum absolute atomic E-state index is 9.86. The van der Waals surface area contributed by atoms with E-state index < -0.39 is 17.8 Å². The van der Waals surface area contributed by atoms with Crippen molar-refractivity contribution in [1.29, 1.82) is 0 Å². The zero-order valence-electron chi connectivity index (χ0n) is 6.61. The van der Waals surface area contributed by atoms with Gasteiger partial charge in [0.15, 0.2) is 0 Å². The van der Waals surface area contributed by atoms with Crippen molar-refractivity contribution in [2.45, 2.75) is 19.8 Å². The van der Waals surface area contributed by atoms with Crippen molar-refractivity contribution < 1.29 is 24.6 Å². The van der Waals surface area contributed by atoms with Crippen LogP contribution in [0, 0.1) is 0 Å². The minimum atomic E-state index is -0.996. The molecule has 0 radical (unpaired) electrons. The molecule has 0 aliphatic rings. The molecule has 0 aromatic heterocycles. The Morgan fingerprint density at radius 1 is 1.17 bits per heavy atom. The number of hydrogen-bond donors (Lipinski definition) is 3. The van der Waals surface area contributed by atoms with Crippen molar-refractivity contribution in [3.05, 3.63) is 0 Å². The number of rotatable bonds is 3. The summed E-state index contributed by atoms with van der Waals surface area (Å²) in [5, 5.41) is 15.4. The Morgan fingerprint density at radius 2 is 1.50 bits per heavy atom. The molecular formula is C6H11NO5. The van der Waals surface area contributed by atoms with Gasteiger partial charge in [0.05, 0.1) is 6.42 Å². The largest absolute Gasteiger partial charge is 0.481 e. The Morgan fingerprint density at radius 3 is 1.58 bits per heavy atom. The highest BCUT2D eigenvalue weighted by Crippen LogP contribution is 1.84. The van der Waals surface area contributed by atoms with Crippen molar-refractivity contribution in [3.63, 3.8) is 0 Å². The Balaban J connectivity index is 0. The number of carbonyl (C=O) groups excluding carboxylic acids is 1.